The smallest absolute Gasteiger partial charge is 0.256 e. The lowest BCUT2D eigenvalue weighted by molar-refractivity contribution is -0.155. The van der Waals surface area contributed by atoms with Crippen molar-refractivity contribution in [3.63, 3.8) is 0 Å². The zero-order chi connectivity index (χ0) is 21.7. The van der Waals surface area contributed by atoms with E-state index in [1.54, 1.807) is 6.20 Å². The van der Waals surface area contributed by atoms with E-state index in [0.29, 0.717) is 18.6 Å². The summed E-state index contributed by atoms with van der Waals surface area (Å²) in [4.78, 5) is 19.0. The molecule has 0 bridgehead atoms. The molecule has 1 aliphatic rings. The minimum absolute atomic E-state index is 0.0916. The lowest BCUT2D eigenvalue weighted by Gasteiger charge is -2.40. The van der Waals surface area contributed by atoms with Crippen LogP contribution in [0.3, 0.4) is 0 Å². The molecule has 1 aromatic carbocycles. The Morgan fingerprint density at radius 3 is 2.60 bits per heavy atom. The van der Waals surface area contributed by atoms with Crippen molar-refractivity contribution in [1.82, 2.24) is 15.4 Å². The highest BCUT2D eigenvalue weighted by atomic mass is 32.2. The van der Waals surface area contributed by atoms with Crippen molar-refractivity contribution in [2.24, 2.45) is 11.8 Å². The maximum absolute atomic E-state index is 12.7. The average molecular weight is 431 g/mol. The van der Waals surface area contributed by atoms with E-state index in [9.17, 15) is 18.4 Å². The Bertz CT molecular complexity index is 985. The summed E-state index contributed by atoms with van der Waals surface area (Å²) in [7, 11) is -2.66. The third-order valence-corrected chi connectivity index (χ3v) is 5.65. The van der Waals surface area contributed by atoms with Crippen molar-refractivity contribution in [3.8, 4) is 11.1 Å². The predicted molar refractivity (Wildman–Crippen MR) is 116 cm³/mol. The Balaban J connectivity index is 1.76. The number of hydrogen-bond donors (Lipinski definition) is 2. The number of nitrogens with one attached hydrogen (secondary N) is 1. The Kier molecular flexibility index (Phi) is 7.20. The number of pyridine rings is 1. The van der Waals surface area contributed by atoms with E-state index in [4.69, 9.17) is 0 Å². The fourth-order valence-electron chi connectivity index (χ4n) is 3.86. The van der Waals surface area contributed by atoms with Gasteiger partial charge in [0.05, 0.1) is 5.92 Å². The Morgan fingerprint density at radius 1 is 1.27 bits per heavy atom. The summed E-state index contributed by atoms with van der Waals surface area (Å²) in [5.41, 5.74) is 3.64. The standard InChI is InChI=1S/C21H26N4O4S/c1-15(2)20(21(26)25(27)14-30(28)29)19-13-24(11-10-23-19)18-7-5-16(6-8-18)17-4-3-9-22-12-17/h3-9,12,14-15,19-20,23,27H,10-11,13H2,1-2H3. The number of amides is 1. The summed E-state index contributed by atoms with van der Waals surface area (Å²) >= 11 is 0. The highest BCUT2D eigenvalue weighted by Crippen LogP contribution is 2.26. The zero-order valence-corrected chi connectivity index (χ0v) is 17.8. The molecule has 8 nitrogen and oxygen atoms in total. The number of piperazine rings is 1. The van der Waals surface area contributed by atoms with Crippen LogP contribution in [0.15, 0.2) is 48.8 Å². The van der Waals surface area contributed by atoms with Gasteiger partial charge >= 0.3 is 0 Å². The molecule has 9 heteroatoms. The highest BCUT2D eigenvalue weighted by Gasteiger charge is 2.36. The van der Waals surface area contributed by atoms with Crippen molar-refractivity contribution >= 4 is 27.4 Å². The molecule has 3 rings (SSSR count). The predicted octanol–water partition coefficient (Wildman–Crippen LogP) is 1.66. The minimum Gasteiger partial charge on any atom is -0.369 e. The van der Waals surface area contributed by atoms with Crippen molar-refractivity contribution < 1.29 is 18.4 Å². The topological polar surface area (TPSA) is 103 Å². The third-order valence-electron chi connectivity index (χ3n) is 5.28. The summed E-state index contributed by atoms with van der Waals surface area (Å²) in [6.45, 7) is 5.78. The second-order valence-electron chi connectivity index (χ2n) is 7.61. The first-order chi connectivity index (χ1) is 14.4. The molecule has 2 atom stereocenters. The van der Waals surface area contributed by atoms with Gasteiger partial charge in [-0.1, -0.05) is 32.0 Å². The fraction of sp³-hybridized carbons (Fsp3) is 0.381. The van der Waals surface area contributed by atoms with Crippen LogP contribution < -0.4 is 10.2 Å². The first kappa shape index (κ1) is 21.9. The van der Waals surface area contributed by atoms with E-state index in [1.807, 2.05) is 56.4 Å². The lowest BCUT2D eigenvalue weighted by atomic mass is 9.86. The third kappa shape index (κ3) is 5.24. The fourth-order valence-corrected chi connectivity index (χ4v) is 4.13. The lowest BCUT2D eigenvalue weighted by Crippen LogP contribution is -2.58. The second kappa shape index (κ2) is 9.84. The first-order valence-electron chi connectivity index (χ1n) is 9.80. The molecule has 1 aromatic heterocycles. The number of anilines is 1. The summed E-state index contributed by atoms with van der Waals surface area (Å²) < 4.78 is 21.6. The Labute approximate surface area is 177 Å². The SMILES string of the molecule is CC(C)C(C(=O)N(O)C=S(=O)=O)C1CN(c2ccc(-c3cccnc3)cc2)CCN1. The maximum Gasteiger partial charge on any atom is 0.256 e. The van der Waals surface area contributed by atoms with E-state index in [2.05, 4.69) is 15.2 Å². The van der Waals surface area contributed by atoms with Crippen LogP contribution in [0.25, 0.3) is 11.1 Å². The number of nitrogens with zero attached hydrogens (tertiary/aromatic N) is 3. The molecular weight excluding hydrogens is 404 g/mol. The monoisotopic (exact) mass is 430 g/mol. The Hall–Kier alpha value is -2.75. The Morgan fingerprint density at radius 2 is 2.00 bits per heavy atom. The highest BCUT2D eigenvalue weighted by molar-refractivity contribution is 7.71. The summed E-state index contributed by atoms with van der Waals surface area (Å²) in [6, 6.07) is 11.9. The van der Waals surface area contributed by atoms with Crippen LogP contribution in [0.1, 0.15) is 13.8 Å². The summed E-state index contributed by atoms with van der Waals surface area (Å²) in [5.74, 6) is -1.31. The molecule has 30 heavy (non-hydrogen) atoms. The van der Waals surface area contributed by atoms with E-state index in [1.165, 1.54) is 0 Å². The van der Waals surface area contributed by atoms with Gasteiger partial charge in [-0.3, -0.25) is 15.0 Å². The normalized spacial score (nSPS) is 17.5. The van der Waals surface area contributed by atoms with E-state index in [-0.39, 0.29) is 17.0 Å². The average Bonchev–Trinajstić information content (AvgIpc) is 2.74. The van der Waals surface area contributed by atoms with Gasteiger partial charge in [0.1, 0.15) is 0 Å². The summed E-state index contributed by atoms with van der Waals surface area (Å²) in [6.07, 6.45) is 3.56. The van der Waals surface area contributed by atoms with Crippen LogP contribution in [0, 0.1) is 11.8 Å². The van der Waals surface area contributed by atoms with Crippen molar-refractivity contribution in [2.75, 3.05) is 24.5 Å². The van der Waals surface area contributed by atoms with Crippen molar-refractivity contribution in [1.29, 1.82) is 0 Å². The minimum atomic E-state index is -2.66. The van der Waals surface area contributed by atoms with E-state index in [0.717, 1.165) is 23.4 Å². The van der Waals surface area contributed by atoms with Crippen LogP contribution in [0.4, 0.5) is 5.69 Å². The number of hydrogen-bond acceptors (Lipinski definition) is 7. The molecular formula is C21H26N4O4S. The summed E-state index contributed by atoms with van der Waals surface area (Å²) in [5, 5.41) is 13.4. The molecule has 1 saturated heterocycles. The van der Waals surface area contributed by atoms with Gasteiger partial charge in [-0.15, -0.1) is 0 Å². The second-order valence-corrected chi connectivity index (χ2v) is 8.35. The van der Waals surface area contributed by atoms with Crippen LogP contribution in [-0.4, -0.2) is 60.7 Å². The van der Waals surface area contributed by atoms with Crippen LogP contribution in [0.2, 0.25) is 0 Å². The van der Waals surface area contributed by atoms with Gasteiger partial charge in [0, 0.05) is 43.8 Å². The van der Waals surface area contributed by atoms with E-state index < -0.39 is 22.1 Å². The molecule has 0 radical (unpaired) electrons. The number of benzene rings is 1. The van der Waals surface area contributed by atoms with Gasteiger partial charge in [-0.05, 0) is 35.2 Å². The molecule has 0 spiro atoms. The molecule has 1 aliphatic heterocycles. The van der Waals surface area contributed by atoms with Crippen LogP contribution in [-0.2, 0) is 15.1 Å². The molecule has 0 saturated carbocycles. The molecule has 1 fully saturated rings. The van der Waals surface area contributed by atoms with Gasteiger partial charge in [-0.2, -0.15) is 13.5 Å². The van der Waals surface area contributed by atoms with Gasteiger partial charge in [0.2, 0.25) is 10.3 Å². The molecule has 2 unspecified atom stereocenters. The number of hydroxylamine groups is 2. The number of aromatic nitrogens is 1. The molecule has 0 aliphatic carbocycles. The molecule has 1 amide bonds. The molecule has 160 valence electrons. The molecule has 2 aromatic rings. The largest absolute Gasteiger partial charge is 0.369 e. The van der Waals surface area contributed by atoms with Gasteiger partial charge in [-0.25, -0.2) is 0 Å². The van der Waals surface area contributed by atoms with E-state index >= 15 is 0 Å². The molecule has 2 N–H and O–H groups in total. The maximum atomic E-state index is 12.7. The van der Waals surface area contributed by atoms with Gasteiger partial charge in [0.25, 0.3) is 5.91 Å². The zero-order valence-electron chi connectivity index (χ0n) is 17.0. The number of rotatable bonds is 6. The van der Waals surface area contributed by atoms with Crippen LogP contribution >= 0.6 is 0 Å². The number of carbonyl (C=O) groups is 1. The number of carbonyl (C=O) groups excluding carboxylic acids is 1. The first-order valence-corrected chi connectivity index (χ1v) is 10.9. The van der Waals surface area contributed by atoms with Gasteiger partial charge in [0.15, 0.2) is 5.49 Å². The molecule has 2 heterocycles. The van der Waals surface area contributed by atoms with Crippen molar-refractivity contribution in [3.05, 3.63) is 48.8 Å². The van der Waals surface area contributed by atoms with Crippen LogP contribution in [0.5, 0.6) is 0 Å². The van der Waals surface area contributed by atoms with Crippen molar-refractivity contribution in [2.45, 2.75) is 19.9 Å². The quantitative estimate of drug-likeness (QED) is 0.408. The van der Waals surface area contributed by atoms with Gasteiger partial charge < -0.3 is 10.2 Å².